The number of carbonyl (C=O) groups is 1. The molecule has 1 N–H and O–H groups in total. The van der Waals surface area contributed by atoms with Crippen LogP contribution in [0.4, 0.5) is 0 Å². The Labute approximate surface area is 142 Å². The lowest BCUT2D eigenvalue weighted by Gasteiger charge is -2.28. The van der Waals surface area contributed by atoms with Crippen LogP contribution in [0.3, 0.4) is 0 Å². The molecule has 1 aliphatic rings. The third-order valence-electron chi connectivity index (χ3n) is 4.19. The summed E-state index contributed by atoms with van der Waals surface area (Å²) in [7, 11) is 0. The lowest BCUT2D eigenvalue weighted by atomic mass is 10.1. The molecule has 2 aromatic rings. The maximum absolute atomic E-state index is 12.9. The van der Waals surface area contributed by atoms with Crippen molar-refractivity contribution in [2.24, 2.45) is 0 Å². The predicted molar refractivity (Wildman–Crippen MR) is 91.0 cm³/mol. The van der Waals surface area contributed by atoms with Crippen molar-refractivity contribution in [3.8, 4) is 0 Å². The first kappa shape index (κ1) is 17.7. The Bertz CT molecular complexity index is 667. The first-order valence-corrected chi connectivity index (χ1v) is 8.00. The van der Waals surface area contributed by atoms with E-state index in [1.54, 1.807) is 6.20 Å². The van der Waals surface area contributed by atoms with Crippen LogP contribution in [0.1, 0.15) is 42.7 Å². The first-order valence-electron chi connectivity index (χ1n) is 8.00. The van der Waals surface area contributed by atoms with Crippen molar-refractivity contribution in [3.63, 3.8) is 0 Å². The summed E-state index contributed by atoms with van der Waals surface area (Å²) in [4.78, 5) is 19.1. The molecule has 0 saturated carbocycles. The second kappa shape index (κ2) is 7.75. The number of carbonyl (C=O) groups excluding carboxylic acids is 1. The van der Waals surface area contributed by atoms with Gasteiger partial charge in [-0.1, -0.05) is 19.0 Å². The lowest BCUT2D eigenvalue weighted by Crippen LogP contribution is -2.42. The van der Waals surface area contributed by atoms with Gasteiger partial charge in [-0.25, -0.2) is 4.98 Å². The van der Waals surface area contributed by atoms with E-state index in [0.29, 0.717) is 11.3 Å². The van der Waals surface area contributed by atoms with Crippen molar-refractivity contribution in [3.05, 3.63) is 23.5 Å². The molecule has 7 heteroatoms. The molecule has 1 unspecified atom stereocenters. The predicted octanol–water partition coefficient (Wildman–Crippen LogP) is 2.42. The Morgan fingerprint density at radius 2 is 2.30 bits per heavy atom. The summed E-state index contributed by atoms with van der Waals surface area (Å²) in [5.74, 6) is 0.0493. The van der Waals surface area contributed by atoms with E-state index in [0.717, 1.165) is 50.0 Å². The number of hydrogen-bond acceptors (Lipinski definition) is 5. The van der Waals surface area contributed by atoms with Crippen molar-refractivity contribution in [1.29, 1.82) is 0 Å². The molecule has 3 rings (SSSR count). The van der Waals surface area contributed by atoms with Gasteiger partial charge < -0.3 is 14.7 Å². The van der Waals surface area contributed by atoms with Gasteiger partial charge in [-0.15, -0.1) is 12.4 Å². The van der Waals surface area contributed by atoms with E-state index in [1.165, 1.54) is 0 Å². The van der Waals surface area contributed by atoms with Gasteiger partial charge in [0.2, 0.25) is 0 Å². The molecule has 0 bridgehead atoms. The van der Waals surface area contributed by atoms with E-state index >= 15 is 0 Å². The number of hydrogen-bond donors (Lipinski definition) is 1. The highest BCUT2D eigenvalue weighted by Crippen LogP contribution is 2.20. The normalized spacial score (nSPS) is 17.2. The Hall–Kier alpha value is -1.66. The summed E-state index contributed by atoms with van der Waals surface area (Å²) in [5, 5.41) is 8.17. The van der Waals surface area contributed by atoms with Crippen LogP contribution in [0.2, 0.25) is 0 Å². The smallest absolute Gasteiger partial charge is 0.257 e. The number of nitrogens with one attached hydrogen (secondary N) is 1. The average molecular weight is 339 g/mol. The number of fused-ring (bicyclic) bond motifs is 1. The van der Waals surface area contributed by atoms with Gasteiger partial charge in [0.25, 0.3) is 11.6 Å². The summed E-state index contributed by atoms with van der Waals surface area (Å²) in [6.07, 6.45) is 4.32. The van der Waals surface area contributed by atoms with Gasteiger partial charge in [0.05, 0.1) is 16.6 Å². The van der Waals surface area contributed by atoms with Crippen molar-refractivity contribution in [1.82, 2.24) is 20.4 Å². The van der Waals surface area contributed by atoms with Crippen LogP contribution in [0, 0.1) is 0 Å². The molecule has 0 spiro atoms. The fourth-order valence-corrected chi connectivity index (χ4v) is 3.01. The van der Waals surface area contributed by atoms with Gasteiger partial charge in [0.1, 0.15) is 0 Å². The van der Waals surface area contributed by atoms with Crippen LogP contribution in [0.25, 0.3) is 11.1 Å². The fraction of sp³-hybridized carbons (Fsp3) is 0.562. The number of pyridine rings is 1. The number of rotatable bonds is 5. The molecule has 126 valence electrons. The highest BCUT2D eigenvalue weighted by Gasteiger charge is 2.27. The van der Waals surface area contributed by atoms with Gasteiger partial charge >= 0.3 is 0 Å². The topological polar surface area (TPSA) is 71.3 Å². The molecule has 0 aliphatic carbocycles. The van der Waals surface area contributed by atoms with Crippen LogP contribution in [0.15, 0.2) is 16.8 Å². The van der Waals surface area contributed by atoms with Gasteiger partial charge in [-0.05, 0) is 31.9 Å². The summed E-state index contributed by atoms with van der Waals surface area (Å²) < 4.78 is 5.19. The molecule has 1 amide bonds. The monoisotopic (exact) mass is 338 g/mol. The Morgan fingerprint density at radius 3 is 2.96 bits per heavy atom. The molecule has 1 aliphatic heterocycles. The summed E-state index contributed by atoms with van der Waals surface area (Å²) in [6.45, 7) is 6.72. The van der Waals surface area contributed by atoms with Gasteiger partial charge in [-0.3, -0.25) is 4.79 Å². The van der Waals surface area contributed by atoms with Crippen LogP contribution < -0.4 is 5.32 Å². The standard InChI is InChI=1S/C16H22N4O2.ClH/c1-3-7-20(12-5-6-17-10-12)16(21)11-8-13-14(4-2)19-22-15(13)18-9-11;/h8-9,12,17H,3-7,10H2,1-2H3;1H. The van der Waals surface area contributed by atoms with E-state index in [1.807, 2.05) is 17.9 Å². The summed E-state index contributed by atoms with van der Waals surface area (Å²) in [6, 6.07) is 2.14. The second-order valence-corrected chi connectivity index (χ2v) is 5.70. The molecule has 1 atom stereocenters. The van der Waals surface area contributed by atoms with Crippen molar-refractivity contribution in [2.75, 3.05) is 19.6 Å². The van der Waals surface area contributed by atoms with Crippen molar-refractivity contribution in [2.45, 2.75) is 39.2 Å². The van der Waals surface area contributed by atoms with Crippen LogP contribution >= 0.6 is 12.4 Å². The highest BCUT2D eigenvalue weighted by molar-refractivity contribution is 5.97. The number of amides is 1. The van der Waals surface area contributed by atoms with Gasteiger partial charge in [0.15, 0.2) is 0 Å². The number of halogens is 1. The Morgan fingerprint density at radius 1 is 1.48 bits per heavy atom. The molecule has 0 aromatic carbocycles. The molecule has 2 aromatic heterocycles. The minimum atomic E-state index is 0. The Balaban J connectivity index is 0.00000192. The lowest BCUT2D eigenvalue weighted by molar-refractivity contribution is 0.0692. The zero-order valence-corrected chi connectivity index (χ0v) is 14.4. The van der Waals surface area contributed by atoms with E-state index in [9.17, 15) is 4.79 Å². The number of aryl methyl sites for hydroxylation is 1. The summed E-state index contributed by atoms with van der Waals surface area (Å²) in [5.41, 5.74) is 1.96. The zero-order valence-electron chi connectivity index (χ0n) is 13.5. The van der Waals surface area contributed by atoms with Gasteiger partial charge in [-0.2, -0.15) is 0 Å². The quantitative estimate of drug-likeness (QED) is 0.906. The largest absolute Gasteiger partial charge is 0.336 e. The fourth-order valence-electron chi connectivity index (χ4n) is 3.01. The molecular formula is C16H23ClN4O2. The third-order valence-corrected chi connectivity index (χ3v) is 4.19. The third kappa shape index (κ3) is 3.48. The van der Waals surface area contributed by atoms with E-state index < -0.39 is 0 Å². The SMILES string of the molecule is CCCN(C(=O)c1cnc2onc(CC)c2c1)C1CCNC1.Cl. The first-order chi connectivity index (χ1) is 10.7. The van der Waals surface area contributed by atoms with Gasteiger partial charge in [0, 0.05) is 25.3 Å². The second-order valence-electron chi connectivity index (χ2n) is 5.70. The molecule has 0 radical (unpaired) electrons. The molecule has 23 heavy (non-hydrogen) atoms. The maximum atomic E-state index is 12.9. The molecule has 1 fully saturated rings. The van der Waals surface area contributed by atoms with E-state index in [2.05, 4.69) is 22.4 Å². The minimum Gasteiger partial charge on any atom is -0.336 e. The molecule has 3 heterocycles. The number of nitrogens with zero attached hydrogens (tertiary/aromatic N) is 3. The van der Waals surface area contributed by atoms with Crippen LogP contribution in [0.5, 0.6) is 0 Å². The minimum absolute atomic E-state index is 0. The van der Waals surface area contributed by atoms with E-state index in [-0.39, 0.29) is 24.4 Å². The van der Waals surface area contributed by atoms with Crippen LogP contribution in [-0.4, -0.2) is 46.6 Å². The van der Waals surface area contributed by atoms with Crippen molar-refractivity contribution >= 4 is 29.4 Å². The molecule has 6 nitrogen and oxygen atoms in total. The summed E-state index contributed by atoms with van der Waals surface area (Å²) >= 11 is 0. The Kier molecular flexibility index (Phi) is 5.96. The maximum Gasteiger partial charge on any atom is 0.257 e. The highest BCUT2D eigenvalue weighted by atomic mass is 35.5. The van der Waals surface area contributed by atoms with E-state index in [4.69, 9.17) is 4.52 Å². The van der Waals surface area contributed by atoms with Crippen LogP contribution in [-0.2, 0) is 6.42 Å². The number of aromatic nitrogens is 2. The average Bonchev–Trinajstić information content (AvgIpc) is 3.20. The van der Waals surface area contributed by atoms with Crippen molar-refractivity contribution < 1.29 is 9.32 Å². The molecular weight excluding hydrogens is 316 g/mol. The zero-order chi connectivity index (χ0) is 15.5. The molecule has 1 saturated heterocycles.